The van der Waals surface area contributed by atoms with E-state index < -0.39 is 6.10 Å². The van der Waals surface area contributed by atoms with Crippen molar-refractivity contribution in [2.45, 2.75) is 71.2 Å². The molecule has 0 aliphatic carbocycles. The third-order valence-electron chi connectivity index (χ3n) is 8.45. The zero-order valence-electron chi connectivity index (χ0n) is 27.9. The van der Waals surface area contributed by atoms with E-state index in [1.54, 1.807) is 4.90 Å². The number of benzene rings is 4. The van der Waals surface area contributed by atoms with Crippen LogP contribution in [0.5, 0.6) is 11.5 Å². The molecule has 4 aromatic rings. The van der Waals surface area contributed by atoms with Gasteiger partial charge in [0.2, 0.25) is 0 Å². The van der Waals surface area contributed by atoms with Crippen LogP contribution in [0.3, 0.4) is 0 Å². The van der Waals surface area contributed by atoms with E-state index in [0.717, 1.165) is 53.5 Å². The molecule has 0 spiro atoms. The Labute approximate surface area is 284 Å². The molecule has 2 N–H and O–H groups in total. The third-order valence-corrected chi connectivity index (χ3v) is 8.45. The predicted molar refractivity (Wildman–Crippen MR) is 187 cm³/mol. The summed E-state index contributed by atoms with van der Waals surface area (Å²) in [6, 6.07) is 34.0. The number of nitrogens with zero attached hydrogens (tertiary/aromatic N) is 1. The molecule has 1 heterocycles. The predicted octanol–water partition coefficient (Wildman–Crippen LogP) is 7.98. The van der Waals surface area contributed by atoms with E-state index in [1.165, 1.54) is 0 Å². The molecule has 0 aromatic heterocycles. The lowest BCUT2D eigenvalue weighted by atomic mass is 10.00. The van der Waals surface area contributed by atoms with Crippen LogP contribution in [-0.4, -0.2) is 43.3 Å². The normalized spacial score (nSPS) is 14.9. The van der Waals surface area contributed by atoms with Crippen LogP contribution in [0.25, 0.3) is 0 Å². The van der Waals surface area contributed by atoms with Crippen molar-refractivity contribution in [1.82, 2.24) is 4.90 Å². The van der Waals surface area contributed by atoms with Crippen LogP contribution in [0.1, 0.15) is 66.5 Å². The van der Waals surface area contributed by atoms with Crippen molar-refractivity contribution < 1.29 is 28.5 Å². The van der Waals surface area contributed by atoms with Gasteiger partial charge in [0.15, 0.2) is 11.5 Å². The SMILES string of the molecule is CCCCOC(=O)N1CCC[C@@H]1COCc1ccc(OCc2ccccc2)c(OCc2ccccc2)c1[C@H](CN)OCc1ccccc1. The van der Waals surface area contributed by atoms with Crippen LogP contribution in [-0.2, 0) is 40.6 Å². The Morgan fingerprint density at radius 1 is 0.812 bits per heavy atom. The summed E-state index contributed by atoms with van der Waals surface area (Å²) in [6.07, 6.45) is 2.89. The molecule has 8 nitrogen and oxygen atoms in total. The van der Waals surface area contributed by atoms with Crippen LogP contribution in [0.2, 0.25) is 0 Å². The Morgan fingerprint density at radius 3 is 2.06 bits per heavy atom. The molecule has 0 saturated carbocycles. The van der Waals surface area contributed by atoms with Crippen LogP contribution in [0, 0.1) is 0 Å². The molecule has 254 valence electrons. The summed E-state index contributed by atoms with van der Waals surface area (Å²) in [5.41, 5.74) is 11.3. The van der Waals surface area contributed by atoms with Gasteiger partial charge in [-0.25, -0.2) is 4.79 Å². The van der Waals surface area contributed by atoms with Crippen molar-refractivity contribution in [3.05, 3.63) is 131 Å². The lowest BCUT2D eigenvalue weighted by Gasteiger charge is -2.26. The van der Waals surface area contributed by atoms with Crippen molar-refractivity contribution in [2.24, 2.45) is 5.73 Å². The van der Waals surface area contributed by atoms with Crippen LogP contribution in [0.4, 0.5) is 4.79 Å². The maximum Gasteiger partial charge on any atom is 0.410 e. The molecule has 0 radical (unpaired) electrons. The van der Waals surface area contributed by atoms with Gasteiger partial charge < -0.3 is 34.3 Å². The molecule has 4 aromatic carbocycles. The van der Waals surface area contributed by atoms with Crippen molar-refractivity contribution in [1.29, 1.82) is 0 Å². The molecule has 48 heavy (non-hydrogen) atoms. The first-order valence-corrected chi connectivity index (χ1v) is 17.0. The molecule has 1 amide bonds. The molecule has 1 saturated heterocycles. The monoisotopic (exact) mass is 652 g/mol. The van der Waals surface area contributed by atoms with Gasteiger partial charge in [0, 0.05) is 18.7 Å². The summed E-state index contributed by atoms with van der Waals surface area (Å²) in [4.78, 5) is 14.6. The van der Waals surface area contributed by atoms with E-state index in [1.807, 2.05) is 103 Å². The molecule has 1 aliphatic rings. The Kier molecular flexibility index (Phi) is 13.7. The van der Waals surface area contributed by atoms with Gasteiger partial charge in [-0.2, -0.15) is 0 Å². The largest absolute Gasteiger partial charge is 0.485 e. The van der Waals surface area contributed by atoms with Crippen molar-refractivity contribution in [3.8, 4) is 11.5 Å². The van der Waals surface area contributed by atoms with Gasteiger partial charge >= 0.3 is 6.09 Å². The molecule has 5 rings (SSSR count). The van der Waals surface area contributed by atoms with Crippen molar-refractivity contribution in [3.63, 3.8) is 0 Å². The van der Waals surface area contributed by atoms with E-state index in [0.29, 0.717) is 51.1 Å². The second-order valence-electron chi connectivity index (χ2n) is 12.0. The lowest BCUT2D eigenvalue weighted by Crippen LogP contribution is -2.38. The summed E-state index contributed by atoms with van der Waals surface area (Å²) < 4.78 is 31.4. The molecular weight excluding hydrogens is 604 g/mol. The molecule has 8 heteroatoms. The topological polar surface area (TPSA) is 92.5 Å². The maximum absolute atomic E-state index is 12.8. The van der Waals surface area contributed by atoms with E-state index >= 15 is 0 Å². The highest BCUT2D eigenvalue weighted by Gasteiger charge is 2.30. The first kappa shape index (κ1) is 35.0. The number of unbranched alkanes of at least 4 members (excludes halogenated alkanes) is 1. The number of carbonyl (C=O) groups excluding carboxylic acids is 1. The highest BCUT2D eigenvalue weighted by atomic mass is 16.6. The fraction of sp³-hybridized carbons (Fsp3) is 0.375. The smallest absolute Gasteiger partial charge is 0.410 e. The Hall–Kier alpha value is -4.37. The standard InChI is InChI=1S/C40H48N2O6/c1-2-3-24-45-40(43)42-23-13-20-35(42)30-44-29-34-21-22-36(46-26-31-14-7-4-8-15-31)39(48-28-33-18-11-6-12-19-33)38(34)37(25-41)47-27-32-16-9-5-10-17-32/h4-12,14-19,21-22,35,37H,2-3,13,20,23-30,41H2,1H3/t35-,37+/m1/s1. The molecule has 0 unspecified atom stereocenters. The summed E-state index contributed by atoms with van der Waals surface area (Å²) in [5, 5.41) is 0. The number of hydrogen-bond donors (Lipinski definition) is 1. The number of rotatable bonds is 18. The summed E-state index contributed by atoms with van der Waals surface area (Å²) in [6.45, 7) is 5.21. The fourth-order valence-corrected chi connectivity index (χ4v) is 5.81. The minimum atomic E-state index is -0.494. The number of ether oxygens (including phenoxy) is 5. The number of nitrogens with two attached hydrogens (primary N) is 1. The molecule has 1 aliphatic heterocycles. The van der Waals surface area contributed by atoms with Crippen LogP contribution in [0.15, 0.2) is 103 Å². The van der Waals surface area contributed by atoms with E-state index in [4.69, 9.17) is 29.4 Å². The fourth-order valence-electron chi connectivity index (χ4n) is 5.81. The Balaban J connectivity index is 1.41. The number of likely N-dealkylation sites (tertiary alicyclic amines) is 1. The Bertz CT molecular complexity index is 1520. The Morgan fingerprint density at radius 2 is 1.44 bits per heavy atom. The highest BCUT2D eigenvalue weighted by molar-refractivity contribution is 5.68. The van der Waals surface area contributed by atoms with Gasteiger partial charge in [-0.1, -0.05) is 110 Å². The first-order chi connectivity index (χ1) is 23.7. The van der Waals surface area contributed by atoms with E-state index in [2.05, 4.69) is 6.92 Å². The van der Waals surface area contributed by atoms with Crippen molar-refractivity contribution >= 4 is 6.09 Å². The van der Waals surface area contributed by atoms with Gasteiger partial charge in [-0.05, 0) is 47.6 Å². The molecule has 2 atom stereocenters. The summed E-state index contributed by atoms with van der Waals surface area (Å²) in [7, 11) is 0. The number of carbonyl (C=O) groups is 1. The zero-order valence-corrected chi connectivity index (χ0v) is 27.9. The zero-order chi connectivity index (χ0) is 33.4. The second kappa shape index (κ2) is 18.8. The van der Waals surface area contributed by atoms with Crippen LogP contribution >= 0.6 is 0 Å². The average molecular weight is 653 g/mol. The highest BCUT2D eigenvalue weighted by Crippen LogP contribution is 2.40. The minimum Gasteiger partial charge on any atom is -0.485 e. The van der Waals surface area contributed by atoms with E-state index in [-0.39, 0.29) is 25.3 Å². The minimum absolute atomic E-state index is 0.0375. The first-order valence-electron chi connectivity index (χ1n) is 17.0. The van der Waals surface area contributed by atoms with Gasteiger partial charge in [0.05, 0.1) is 38.6 Å². The quantitative estimate of drug-likeness (QED) is 0.109. The lowest BCUT2D eigenvalue weighted by molar-refractivity contribution is 0.0359. The van der Waals surface area contributed by atoms with Gasteiger partial charge in [-0.3, -0.25) is 0 Å². The van der Waals surface area contributed by atoms with Crippen LogP contribution < -0.4 is 15.2 Å². The molecular formula is C40H48N2O6. The summed E-state index contributed by atoms with van der Waals surface area (Å²) >= 11 is 0. The third kappa shape index (κ3) is 10.1. The van der Waals surface area contributed by atoms with E-state index in [9.17, 15) is 4.79 Å². The average Bonchev–Trinajstić information content (AvgIpc) is 3.61. The molecule has 1 fully saturated rings. The van der Waals surface area contributed by atoms with Crippen molar-refractivity contribution in [2.75, 3.05) is 26.3 Å². The number of hydrogen-bond acceptors (Lipinski definition) is 7. The maximum atomic E-state index is 12.8. The van der Waals surface area contributed by atoms with Gasteiger partial charge in [0.25, 0.3) is 0 Å². The summed E-state index contributed by atoms with van der Waals surface area (Å²) in [5.74, 6) is 1.19. The second-order valence-corrected chi connectivity index (χ2v) is 12.0. The van der Waals surface area contributed by atoms with Gasteiger partial charge in [0.1, 0.15) is 13.2 Å². The van der Waals surface area contributed by atoms with Gasteiger partial charge in [-0.15, -0.1) is 0 Å². The molecule has 0 bridgehead atoms. The number of amides is 1.